The van der Waals surface area contributed by atoms with Crippen LogP contribution >= 0.6 is 31.9 Å². The normalized spacial score (nSPS) is 10.8. The van der Waals surface area contributed by atoms with E-state index in [0.717, 1.165) is 0 Å². The average Bonchev–Trinajstić information content (AvgIpc) is 2.28. The standard InChI is InChI=1S/C10H14Br2N2O2/c11-7-5(1-3-13)9(15)8(12)6(2-4-14)10(7)16/h15-16H,1-4,13-14H2. The van der Waals surface area contributed by atoms with Crippen molar-refractivity contribution in [1.82, 2.24) is 0 Å². The molecule has 1 aromatic carbocycles. The van der Waals surface area contributed by atoms with Crippen molar-refractivity contribution in [3.8, 4) is 11.5 Å². The van der Waals surface area contributed by atoms with Gasteiger partial charge in [0.1, 0.15) is 11.5 Å². The number of aromatic hydroxyl groups is 2. The second-order valence-electron chi connectivity index (χ2n) is 3.36. The smallest absolute Gasteiger partial charge is 0.134 e. The lowest BCUT2D eigenvalue weighted by Crippen LogP contribution is -2.07. The average molecular weight is 354 g/mol. The molecular weight excluding hydrogens is 340 g/mol. The number of rotatable bonds is 4. The highest BCUT2D eigenvalue weighted by atomic mass is 79.9. The fourth-order valence-electron chi connectivity index (χ4n) is 1.50. The third kappa shape index (κ3) is 2.51. The summed E-state index contributed by atoms with van der Waals surface area (Å²) in [4.78, 5) is 0. The molecule has 90 valence electrons. The van der Waals surface area contributed by atoms with Gasteiger partial charge in [-0.2, -0.15) is 0 Å². The summed E-state index contributed by atoms with van der Waals surface area (Å²) in [6.45, 7) is 0.794. The molecule has 0 radical (unpaired) electrons. The van der Waals surface area contributed by atoms with E-state index in [9.17, 15) is 10.2 Å². The van der Waals surface area contributed by atoms with Gasteiger partial charge in [0, 0.05) is 11.1 Å². The van der Waals surface area contributed by atoms with E-state index in [1.54, 1.807) is 0 Å². The van der Waals surface area contributed by atoms with E-state index in [1.165, 1.54) is 0 Å². The Bertz CT molecular complexity index is 331. The Morgan fingerprint density at radius 3 is 1.38 bits per heavy atom. The van der Waals surface area contributed by atoms with Gasteiger partial charge in [-0.3, -0.25) is 0 Å². The molecule has 1 aromatic rings. The third-order valence-corrected chi connectivity index (χ3v) is 4.01. The minimum Gasteiger partial charge on any atom is -0.506 e. The van der Waals surface area contributed by atoms with E-state index in [4.69, 9.17) is 11.5 Å². The monoisotopic (exact) mass is 352 g/mol. The first-order valence-electron chi connectivity index (χ1n) is 4.85. The Balaban J connectivity index is 3.37. The van der Waals surface area contributed by atoms with Crippen LogP contribution in [0.4, 0.5) is 0 Å². The van der Waals surface area contributed by atoms with Crippen LogP contribution in [-0.2, 0) is 12.8 Å². The predicted octanol–water partition coefficient (Wildman–Crippen LogP) is 1.63. The van der Waals surface area contributed by atoms with Crippen LogP contribution in [-0.4, -0.2) is 23.3 Å². The number of phenolic OH excluding ortho intramolecular Hbond substituents is 2. The van der Waals surface area contributed by atoms with Crippen LogP contribution in [0, 0.1) is 0 Å². The van der Waals surface area contributed by atoms with E-state index in [0.29, 0.717) is 46.0 Å². The molecule has 0 spiro atoms. The number of phenols is 2. The number of benzene rings is 1. The summed E-state index contributed by atoms with van der Waals surface area (Å²) in [5.74, 6) is 0.220. The number of hydrogen-bond donors (Lipinski definition) is 4. The van der Waals surface area contributed by atoms with Crippen molar-refractivity contribution in [3.63, 3.8) is 0 Å². The van der Waals surface area contributed by atoms with Crippen LogP contribution < -0.4 is 11.5 Å². The van der Waals surface area contributed by atoms with Gasteiger partial charge in [0.15, 0.2) is 0 Å². The van der Waals surface area contributed by atoms with E-state index in [-0.39, 0.29) is 11.5 Å². The highest BCUT2D eigenvalue weighted by molar-refractivity contribution is 9.11. The topological polar surface area (TPSA) is 92.5 Å². The lowest BCUT2D eigenvalue weighted by atomic mass is 10.0. The molecule has 0 aliphatic rings. The van der Waals surface area contributed by atoms with Crippen molar-refractivity contribution in [2.75, 3.05) is 13.1 Å². The minimum atomic E-state index is 0.110. The van der Waals surface area contributed by atoms with Crippen molar-refractivity contribution < 1.29 is 10.2 Å². The van der Waals surface area contributed by atoms with Gasteiger partial charge in [0.2, 0.25) is 0 Å². The van der Waals surface area contributed by atoms with Gasteiger partial charge in [0.25, 0.3) is 0 Å². The summed E-state index contributed by atoms with van der Waals surface area (Å²) in [5, 5.41) is 19.9. The minimum absolute atomic E-state index is 0.110. The second-order valence-corrected chi connectivity index (χ2v) is 4.95. The first kappa shape index (κ1) is 13.8. The molecule has 0 bridgehead atoms. The van der Waals surface area contributed by atoms with Crippen molar-refractivity contribution in [1.29, 1.82) is 0 Å². The van der Waals surface area contributed by atoms with E-state index in [1.807, 2.05) is 0 Å². The number of hydrogen-bond acceptors (Lipinski definition) is 4. The lowest BCUT2D eigenvalue weighted by molar-refractivity contribution is 0.442. The molecule has 0 unspecified atom stereocenters. The molecule has 0 saturated heterocycles. The Hall–Kier alpha value is -0.300. The van der Waals surface area contributed by atoms with Crippen LogP contribution in [0.3, 0.4) is 0 Å². The molecule has 16 heavy (non-hydrogen) atoms. The summed E-state index contributed by atoms with van der Waals surface area (Å²) in [6.07, 6.45) is 0.975. The van der Waals surface area contributed by atoms with Crippen LogP contribution in [0.2, 0.25) is 0 Å². The summed E-state index contributed by atoms with van der Waals surface area (Å²) >= 11 is 6.52. The number of nitrogens with two attached hydrogens (primary N) is 2. The SMILES string of the molecule is NCCc1c(O)c(Br)c(CCN)c(O)c1Br. The molecule has 0 aliphatic carbocycles. The third-order valence-electron chi connectivity index (χ3n) is 2.31. The maximum atomic E-state index is 9.96. The van der Waals surface area contributed by atoms with Gasteiger partial charge in [-0.05, 0) is 57.8 Å². The van der Waals surface area contributed by atoms with Crippen molar-refractivity contribution in [2.24, 2.45) is 11.5 Å². The molecule has 0 heterocycles. The molecule has 6 N–H and O–H groups in total. The summed E-state index contributed by atoms with van der Waals surface area (Å²) in [7, 11) is 0. The molecule has 1 rings (SSSR count). The molecule has 0 amide bonds. The second kappa shape index (κ2) is 5.86. The zero-order chi connectivity index (χ0) is 12.3. The lowest BCUT2D eigenvalue weighted by Gasteiger charge is -2.15. The van der Waals surface area contributed by atoms with Crippen LogP contribution in [0.15, 0.2) is 8.95 Å². The molecule has 4 nitrogen and oxygen atoms in total. The van der Waals surface area contributed by atoms with Gasteiger partial charge < -0.3 is 21.7 Å². The Morgan fingerprint density at radius 2 is 1.12 bits per heavy atom. The highest BCUT2D eigenvalue weighted by Crippen LogP contribution is 2.44. The summed E-state index contributed by atoms with van der Waals surface area (Å²) < 4.78 is 0.976. The van der Waals surface area contributed by atoms with Gasteiger partial charge in [-0.15, -0.1) is 0 Å². The Labute approximate surface area is 111 Å². The van der Waals surface area contributed by atoms with E-state index >= 15 is 0 Å². The van der Waals surface area contributed by atoms with Crippen LogP contribution in [0.1, 0.15) is 11.1 Å². The van der Waals surface area contributed by atoms with Crippen molar-refractivity contribution >= 4 is 31.9 Å². The Morgan fingerprint density at radius 1 is 0.812 bits per heavy atom. The molecule has 0 atom stereocenters. The van der Waals surface area contributed by atoms with Gasteiger partial charge >= 0.3 is 0 Å². The van der Waals surface area contributed by atoms with Crippen LogP contribution in [0.5, 0.6) is 11.5 Å². The quantitative estimate of drug-likeness (QED) is 0.619. The summed E-state index contributed by atoms with van der Waals surface area (Å²) in [5.41, 5.74) is 12.1. The van der Waals surface area contributed by atoms with E-state index < -0.39 is 0 Å². The molecule has 6 heteroatoms. The van der Waals surface area contributed by atoms with Crippen molar-refractivity contribution in [2.45, 2.75) is 12.8 Å². The molecule has 0 saturated carbocycles. The maximum Gasteiger partial charge on any atom is 0.134 e. The van der Waals surface area contributed by atoms with Gasteiger partial charge in [-0.1, -0.05) is 0 Å². The molecule has 0 aliphatic heterocycles. The fraction of sp³-hybridized carbons (Fsp3) is 0.400. The molecular formula is C10H14Br2N2O2. The van der Waals surface area contributed by atoms with Gasteiger partial charge in [-0.25, -0.2) is 0 Å². The zero-order valence-electron chi connectivity index (χ0n) is 8.63. The first-order valence-corrected chi connectivity index (χ1v) is 6.43. The van der Waals surface area contributed by atoms with E-state index in [2.05, 4.69) is 31.9 Å². The van der Waals surface area contributed by atoms with Crippen LogP contribution in [0.25, 0.3) is 0 Å². The summed E-state index contributed by atoms with van der Waals surface area (Å²) in [6, 6.07) is 0. The largest absolute Gasteiger partial charge is 0.506 e. The van der Waals surface area contributed by atoms with Crippen molar-refractivity contribution in [3.05, 3.63) is 20.1 Å². The maximum absolute atomic E-state index is 9.96. The first-order chi connectivity index (χ1) is 7.54. The van der Waals surface area contributed by atoms with Gasteiger partial charge in [0.05, 0.1) is 8.95 Å². The highest BCUT2D eigenvalue weighted by Gasteiger charge is 2.19. The zero-order valence-corrected chi connectivity index (χ0v) is 11.8. The number of halogens is 2. The predicted molar refractivity (Wildman–Crippen MR) is 70.7 cm³/mol. The fourth-order valence-corrected chi connectivity index (χ4v) is 2.75. The molecule has 0 fully saturated rings. The molecule has 0 aromatic heterocycles. The Kier molecular flexibility index (Phi) is 5.04.